The molecular formula is C23H23N3O3S. The maximum Gasteiger partial charge on any atom is 0.264 e. The zero-order valence-electron chi connectivity index (χ0n) is 17.4. The van der Waals surface area contributed by atoms with Gasteiger partial charge < -0.3 is 9.64 Å². The van der Waals surface area contributed by atoms with Gasteiger partial charge in [-0.3, -0.25) is 14.9 Å². The molecule has 30 heavy (non-hydrogen) atoms. The number of thiazole rings is 1. The fourth-order valence-electron chi connectivity index (χ4n) is 3.61. The van der Waals surface area contributed by atoms with Crippen LogP contribution >= 0.6 is 11.3 Å². The largest absolute Gasteiger partial charge is 0.484 e. The summed E-state index contributed by atoms with van der Waals surface area (Å²) in [7, 11) is 1.80. The van der Waals surface area contributed by atoms with Crippen LogP contribution in [-0.2, 0) is 15.0 Å². The van der Waals surface area contributed by atoms with E-state index in [1.54, 1.807) is 11.9 Å². The molecular weight excluding hydrogens is 398 g/mol. The molecule has 0 spiro atoms. The molecule has 0 atom stereocenters. The zero-order chi connectivity index (χ0) is 21.5. The number of aryl methyl sites for hydroxylation is 1. The second kappa shape index (κ2) is 7.57. The number of likely N-dealkylation sites (N-methyl/N-ethyl adjacent to an activating group) is 1. The predicted molar refractivity (Wildman–Crippen MR) is 119 cm³/mol. The summed E-state index contributed by atoms with van der Waals surface area (Å²) in [5.41, 5.74) is 4.08. The lowest BCUT2D eigenvalue weighted by Crippen LogP contribution is -2.33. The average molecular weight is 422 g/mol. The molecule has 2 heterocycles. The van der Waals surface area contributed by atoms with Crippen molar-refractivity contribution in [1.29, 1.82) is 0 Å². The first-order chi connectivity index (χ1) is 14.3. The van der Waals surface area contributed by atoms with Crippen molar-refractivity contribution in [3.05, 3.63) is 59.0 Å². The van der Waals surface area contributed by atoms with Crippen LogP contribution in [0.5, 0.6) is 5.75 Å². The number of anilines is 2. The van der Waals surface area contributed by atoms with E-state index in [0.717, 1.165) is 28.1 Å². The van der Waals surface area contributed by atoms with Gasteiger partial charge >= 0.3 is 0 Å². The Morgan fingerprint density at radius 1 is 1.23 bits per heavy atom. The van der Waals surface area contributed by atoms with Crippen LogP contribution < -0.4 is 15.0 Å². The summed E-state index contributed by atoms with van der Waals surface area (Å²) in [5.74, 6) is 0.472. The van der Waals surface area contributed by atoms with Crippen molar-refractivity contribution >= 4 is 34.0 Å². The highest BCUT2D eigenvalue weighted by Crippen LogP contribution is 2.42. The van der Waals surface area contributed by atoms with Crippen LogP contribution in [0, 0.1) is 6.92 Å². The van der Waals surface area contributed by atoms with Gasteiger partial charge in [0.1, 0.15) is 5.75 Å². The normalized spacial score (nSPS) is 14.5. The zero-order valence-corrected chi connectivity index (χ0v) is 18.2. The van der Waals surface area contributed by atoms with Crippen LogP contribution in [0.3, 0.4) is 0 Å². The molecule has 2 aromatic carbocycles. The van der Waals surface area contributed by atoms with Crippen molar-refractivity contribution in [2.75, 3.05) is 23.9 Å². The number of carbonyl (C=O) groups is 2. The predicted octanol–water partition coefficient (Wildman–Crippen LogP) is 4.39. The number of rotatable bonds is 5. The monoisotopic (exact) mass is 421 g/mol. The number of benzene rings is 2. The third kappa shape index (κ3) is 3.68. The molecule has 1 aliphatic heterocycles. The Kier molecular flexibility index (Phi) is 5.07. The van der Waals surface area contributed by atoms with Crippen molar-refractivity contribution in [1.82, 2.24) is 4.98 Å². The van der Waals surface area contributed by atoms with Gasteiger partial charge in [-0.15, -0.1) is 11.3 Å². The minimum Gasteiger partial charge on any atom is -0.484 e. The fourth-order valence-corrected chi connectivity index (χ4v) is 4.34. The second-order valence-electron chi connectivity index (χ2n) is 7.91. The number of ether oxygens (including phenoxy) is 1. The summed E-state index contributed by atoms with van der Waals surface area (Å²) in [6.45, 7) is 5.75. The Morgan fingerprint density at radius 2 is 2.03 bits per heavy atom. The number of carbonyl (C=O) groups excluding carboxylic acids is 2. The first-order valence-corrected chi connectivity index (χ1v) is 10.5. The third-order valence-electron chi connectivity index (χ3n) is 5.28. The molecule has 0 saturated heterocycles. The first kappa shape index (κ1) is 20.1. The minimum atomic E-state index is -0.569. The van der Waals surface area contributed by atoms with Gasteiger partial charge in [0.25, 0.3) is 5.91 Å². The molecule has 1 aromatic heterocycles. The van der Waals surface area contributed by atoms with Crippen LogP contribution in [0.1, 0.15) is 25.0 Å². The molecule has 0 bridgehead atoms. The molecule has 154 valence electrons. The van der Waals surface area contributed by atoms with E-state index in [-0.39, 0.29) is 18.4 Å². The molecule has 0 fully saturated rings. The Labute approximate surface area is 179 Å². The summed E-state index contributed by atoms with van der Waals surface area (Å²) in [6, 6.07) is 13.5. The Bertz CT molecular complexity index is 1140. The summed E-state index contributed by atoms with van der Waals surface area (Å²) in [5, 5.41) is 5.19. The number of nitrogens with one attached hydrogen (secondary N) is 1. The van der Waals surface area contributed by atoms with E-state index >= 15 is 0 Å². The van der Waals surface area contributed by atoms with Crippen LogP contribution in [0.25, 0.3) is 11.3 Å². The van der Waals surface area contributed by atoms with Gasteiger partial charge in [-0.2, -0.15) is 0 Å². The smallest absolute Gasteiger partial charge is 0.264 e. The molecule has 0 radical (unpaired) electrons. The van der Waals surface area contributed by atoms with Crippen LogP contribution in [0.15, 0.2) is 47.8 Å². The lowest BCUT2D eigenvalue weighted by atomic mass is 9.85. The van der Waals surface area contributed by atoms with Crippen LogP contribution in [-0.4, -0.2) is 30.5 Å². The van der Waals surface area contributed by atoms with Crippen molar-refractivity contribution in [2.45, 2.75) is 26.2 Å². The summed E-state index contributed by atoms with van der Waals surface area (Å²) >= 11 is 1.36. The topological polar surface area (TPSA) is 71.5 Å². The van der Waals surface area contributed by atoms with Gasteiger partial charge in [-0.25, -0.2) is 4.98 Å². The summed E-state index contributed by atoms with van der Waals surface area (Å²) in [4.78, 5) is 30.9. The summed E-state index contributed by atoms with van der Waals surface area (Å²) < 4.78 is 5.53. The van der Waals surface area contributed by atoms with Gasteiger partial charge in [-0.05, 0) is 56.2 Å². The average Bonchev–Trinajstić information content (AvgIpc) is 3.24. The van der Waals surface area contributed by atoms with E-state index in [2.05, 4.69) is 10.3 Å². The van der Waals surface area contributed by atoms with Gasteiger partial charge in [0.05, 0.1) is 11.1 Å². The molecule has 7 heteroatoms. The lowest BCUT2D eigenvalue weighted by Gasteiger charge is -2.16. The van der Waals surface area contributed by atoms with E-state index in [0.29, 0.717) is 10.9 Å². The molecule has 0 saturated carbocycles. The van der Waals surface area contributed by atoms with Crippen molar-refractivity contribution < 1.29 is 14.3 Å². The molecule has 3 aromatic rings. The molecule has 6 nitrogen and oxygen atoms in total. The van der Waals surface area contributed by atoms with Gasteiger partial charge in [0.2, 0.25) is 5.91 Å². The highest BCUT2D eigenvalue weighted by molar-refractivity contribution is 7.14. The van der Waals surface area contributed by atoms with Crippen molar-refractivity contribution in [3.8, 4) is 17.0 Å². The molecule has 0 aliphatic carbocycles. The highest BCUT2D eigenvalue weighted by Gasteiger charge is 2.42. The van der Waals surface area contributed by atoms with E-state index in [9.17, 15) is 9.59 Å². The maximum absolute atomic E-state index is 12.5. The standard InChI is InChI=1S/C23H23N3O3S/c1-14-6-5-7-16(10-14)29-12-20(27)25-22-24-18(13-30-22)15-8-9-19-17(11-15)23(2,3)21(28)26(19)4/h5-11,13H,12H2,1-4H3,(H,24,25,27). The fraction of sp³-hybridized carbons (Fsp3) is 0.261. The minimum absolute atomic E-state index is 0.0782. The third-order valence-corrected chi connectivity index (χ3v) is 6.03. The van der Waals surface area contributed by atoms with E-state index < -0.39 is 5.41 Å². The van der Waals surface area contributed by atoms with E-state index in [1.807, 2.05) is 68.6 Å². The highest BCUT2D eigenvalue weighted by atomic mass is 32.1. The Hall–Kier alpha value is -3.19. The van der Waals surface area contributed by atoms with Crippen LogP contribution in [0.2, 0.25) is 0 Å². The Balaban J connectivity index is 1.45. The molecule has 4 rings (SSSR count). The maximum atomic E-state index is 12.5. The van der Waals surface area contributed by atoms with Crippen LogP contribution in [0.4, 0.5) is 10.8 Å². The van der Waals surface area contributed by atoms with Gasteiger partial charge in [0, 0.05) is 23.7 Å². The van der Waals surface area contributed by atoms with Crippen molar-refractivity contribution in [3.63, 3.8) is 0 Å². The van der Waals surface area contributed by atoms with Crippen molar-refractivity contribution in [2.24, 2.45) is 0 Å². The first-order valence-electron chi connectivity index (χ1n) is 9.63. The number of hydrogen-bond acceptors (Lipinski definition) is 5. The number of aromatic nitrogens is 1. The lowest BCUT2D eigenvalue weighted by molar-refractivity contribution is -0.121. The SMILES string of the molecule is Cc1cccc(OCC(=O)Nc2nc(-c3ccc4c(c3)C(C)(C)C(=O)N4C)cs2)c1. The molecule has 1 aliphatic rings. The van der Waals surface area contributed by atoms with Gasteiger partial charge in [-0.1, -0.05) is 18.2 Å². The number of fused-ring (bicyclic) bond motifs is 1. The number of amides is 2. The quantitative estimate of drug-likeness (QED) is 0.663. The molecule has 2 amide bonds. The number of nitrogens with zero attached hydrogens (tertiary/aromatic N) is 2. The number of hydrogen-bond donors (Lipinski definition) is 1. The molecule has 1 N–H and O–H groups in total. The summed E-state index contributed by atoms with van der Waals surface area (Å²) in [6.07, 6.45) is 0. The van der Waals surface area contributed by atoms with E-state index in [4.69, 9.17) is 4.74 Å². The van der Waals surface area contributed by atoms with Gasteiger partial charge in [0.15, 0.2) is 11.7 Å². The second-order valence-corrected chi connectivity index (χ2v) is 8.77. The molecule has 0 unspecified atom stereocenters. The Morgan fingerprint density at radius 3 is 2.80 bits per heavy atom. The van der Waals surface area contributed by atoms with E-state index in [1.165, 1.54) is 11.3 Å².